The minimum Gasteiger partial charge on any atom is -0.338 e. The van der Waals surface area contributed by atoms with Crippen LogP contribution in [0.5, 0.6) is 0 Å². The van der Waals surface area contributed by atoms with E-state index in [0.717, 1.165) is 27.5 Å². The van der Waals surface area contributed by atoms with E-state index in [1.807, 2.05) is 54.1 Å². The molecule has 0 radical (unpaired) electrons. The third-order valence-electron chi connectivity index (χ3n) is 4.23. The Morgan fingerprint density at radius 1 is 0.962 bits per heavy atom. The summed E-state index contributed by atoms with van der Waals surface area (Å²) in [6.07, 6.45) is 0. The summed E-state index contributed by atoms with van der Waals surface area (Å²) < 4.78 is 9.46. The average Bonchev–Trinajstić information content (AvgIpc) is 3.39. The Labute approximate surface area is 152 Å². The van der Waals surface area contributed by atoms with E-state index in [2.05, 4.69) is 36.9 Å². The molecule has 0 aliphatic rings. The van der Waals surface area contributed by atoms with Crippen LogP contribution < -0.4 is 0 Å². The molecule has 0 spiro atoms. The number of para-hydroxylation sites is 2. The van der Waals surface area contributed by atoms with Crippen molar-refractivity contribution < 1.29 is 4.52 Å². The standard InChI is InChI=1S/C18H14N6OS/c1-23-13-9-5-6-10-14(13)24-17(23)20-21-18(24)26-11-15-19-16(22-25-15)12-7-3-2-4-8-12/h2-10H,11H2,1H3. The quantitative estimate of drug-likeness (QED) is 0.455. The molecule has 0 bridgehead atoms. The number of aryl methyl sites for hydroxylation is 1. The van der Waals surface area contributed by atoms with Crippen LogP contribution in [-0.4, -0.2) is 29.3 Å². The second-order valence-corrected chi connectivity index (χ2v) is 6.77. The van der Waals surface area contributed by atoms with Crippen molar-refractivity contribution in [1.82, 2.24) is 29.3 Å². The Morgan fingerprint density at radius 3 is 2.58 bits per heavy atom. The Hall–Kier alpha value is -3.13. The van der Waals surface area contributed by atoms with Crippen molar-refractivity contribution in [3.05, 3.63) is 60.5 Å². The Bertz CT molecular complexity index is 1210. The summed E-state index contributed by atoms with van der Waals surface area (Å²) in [4.78, 5) is 4.47. The van der Waals surface area contributed by atoms with Gasteiger partial charge in [0.15, 0.2) is 5.16 Å². The van der Waals surface area contributed by atoms with Gasteiger partial charge < -0.3 is 9.09 Å². The lowest BCUT2D eigenvalue weighted by atomic mass is 10.2. The Kier molecular flexibility index (Phi) is 3.49. The number of imidazole rings is 1. The Balaban J connectivity index is 1.44. The molecular weight excluding hydrogens is 348 g/mol. The van der Waals surface area contributed by atoms with Crippen LogP contribution in [0.3, 0.4) is 0 Å². The van der Waals surface area contributed by atoms with Crippen LogP contribution in [0.4, 0.5) is 0 Å². The van der Waals surface area contributed by atoms with Crippen LogP contribution in [0.1, 0.15) is 5.89 Å². The maximum absolute atomic E-state index is 5.38. The largest absolute Gasteiger partial charge is 0.338 e. The first-order valence-electron chi connectivity index (χ1n) is 8.10. The average molecular weight is 362 g/mol. The van der Waals surface area contributed by atoms with Crippen molar-refractivity contribution in [1.29, 1.82) is 0 Å². The fourth-order valence-electron chi connectivity index (χ4n) is 2.97. The van der Waals surface area contributed by atoms with Crippen molar-refractivity contribution >= 4 is 28.6 Å². The SMILES string of the molecule is Cn1c2ccccc2n2c(SCc3nc(-c4ccccc4)no3)nnc12. The van der Waals surface area contributed by atoms with Crippen LogP contribution in [-0.2, 0) is 12.8 Å². The molecule has 2 aromatic carbocycles. The summed E-state index contributed by atoms with van der Waals surface area (Å²) in [6.45, 7) is 0. The summed E-state index contributed by atoms with van der Waals surface area (Å²) in [7, 11) is 1.99. The van der Waals surface area contributed by atoms with E-state index in [0.29, 0.717) is 17.5 Å². The van der Waals surface area contributed by atoms with Crippen molar-refractivity contribution in [3.63, 3.8) is 0 Å². The van der Waals surface area contributed by atoms with Gasteiger partial charge in [-0.25, -0.2) is 0 Å². The normalized spacial score (nSPS) is 11.6. The highest BCUT2D eigenvalue weighted by molar-refractivity contribution is 7.98. The number of hydrogen-bond donors (Lipinski definition) is 0. The van der Waals surface area contributed by atoms with Gasteiger partial charge in [-0.15, -0.1) is 10.2 Å². The monoisotopic (exact) mass is 362 g/mol. The molecule has 3 heterocycles. The molecule has 0 amide bonds. The van der Waals surface area contributed by atoms with Gasteiger partial charge in [-0.05, 0) is 12.1 Å². The molecule has 3 aromatic heterocycles. The van der Waals surface area contributed by atoms with Crippen LogP contribution in [0, 0.1) is 0 Å². The highest BCUT2D eigenvalue weighted by atomic mass is 32.2. The molecule has 0 fully saturated rings. The summed E-state index contributed by atoms with van der Waals surface area (Å²) in [5.74, 6) is 2.50. The van der Waals surface area contributed by atoms with Gasteiger partial charge in [-0.3, -0.25) is 4.40 Å². The fraction of sp³-hybridized carbons (Fsp3) is 0.111. The third kappa shape index (κ3) is 2.38. The van der Waals surface area contributed by atoms with Gasteiger partial charge in [0.05, 0.1) is 16.8 Å². The molecule has 26 heavy (non-hydrogen) atoms. The molecular formula is C18H14N6OS. The van der Waals surface area contributed by atoms with Crippen LogP contribution >= 0.6 is 11.8 Å². The van der Waals surface area contributed by atoms with E-state index in [1.165, 1.54) is 11.8 Å². The molecule has 0 N–H and O–H groups in total. The van der Waals surface area contributed by atoms with E-state index in [9.17, 15) is 0 Å². The lowest BCUT2D eigenvalue weighted by molar-refractivity contribution is 0.391. The predicted octanol–water partition coefficient (Wildman–Crippen LogP) is 3.56. The molecule has 0 aliphatic carbocycles. The first-order valence-corrected chi connectivity index (χ1v) is 9.09. The predicted molar refractivity (Wildman–Crippen MR) is 98.8 cm³/mol. The zero-order chi connectivity index (χ0) is 17.5. The molecule has 0 saturated heterocycles. The smallest absolute Gasteiger partial charge is 0.237 e. The number of hydrogen-bond acceptors (Lipinski definition) is 6. The molecule has 8 heteroatoms. The number of aromatic nitrogens is 6. The summed E-state index contributed by atoms with van der Waals surface area (Å²) in [5.41, 5.74) is 3.13. The highest BCUT2D eigenvalue weighted by Gasteiger charge is 2.16. The lowest BCUT2D eigenvalue weighted by Gasteiger charge is -1.96. The number of fused-ring (bicyclic) bond motifs is 3. The minimum atomic E-state index is 0.532. The van der Waals surface area contributed by atoms with E-state index >= 15 is 0 Å². The van der Waals surface area contributed by atoms with Crippen molar-refractivity contribution in [2.45, 2.75) is 10.9 Å². The Morgan fingerprint density at radius 2 is 1.73 bits per heavy atom. The molecule has 0 unspecified atom stereocenters. The molecule has 0 saturated carbocycles. The van der Waals surface area contributed by atoms with Crippen molar-refractivity contribution in [2.24, 2.45) is 7.05 Å². The van der Waals surface area contributed by atoms with Crippen LogP contribution in [0.15, 0.2) is 64.3 Å². The van der Waals surface area contributed by atoms with Crippen molar-refractivity contribution in [3.8, 4) is 11.4 Å². The zero-order valence-corrected chi connectivity index (χ0v) is 14.7. The second kappa shape index (κ2) is 5.99. The first kappa shape index (κ1) is 15.2. The lowest BCUT2D eigenvalue weighted by Crippen LogP contribution is -1.88. The maximum atomic E-state index is 5.38. The van der Waals surface area contributed by atoms with E-state index < -0.39 is 0 Å². The third-order valence-corrected chi connectivity index (χ3v) is 5.14. The summed E-state index contributed by atoms with van der Waals surface area (Å²) in [5, 5.41) is 13.5. The van der Waals surface area contributed by atoms with E-state index in [4.69, 9.17) is 4.52 Å². The van der Waals surface area contributed by atoms with Gasteiger partial charge in [-0.1, -0.05) is 59.4 Å². The molecule has 7 nitrogen and oxygen atoms in total. The second-order valence-electron chi connectivity index (χ2n) is 5.83. The minimum absolute atomic E-state index is 0.532. The maximum Gasteiger partial charge on any atom is 0.237 e. The number of rotatable bonds is 4. The summed E-state index contributed by atoms with van der Waals surface area (Å²) in [6, 6.07) is 18.0. The van der Waals surface area contributed by atoms with Gasteiger partial charge in [0.1, 0.15) is 0 Å². The van der Waals surface area contributed by atoms with E-state index in [1.54, 1.807) is 0 Å². The van der Waals surface area contributed by atoms with Crippen LogP contribution in [0.2, 0.25) is 0 Å². The highest BCUT2D eigenvalue weighted by Crippen LogP contribution is 2.27. The fourth-order valence-corrected chi connectivity index (χ4v) is 3.75. The number of thioether (sulfide) groups is 1. The molecule has 5 rings (SSSR count). The number of nitrogens with zero attached hydrogens (tertiary/aromatic N) is 6. The van der Waals surface area contributed by atoms with Gasteiger partial charge in [0.2, 0.25) is 17.5 Å². The van der Waals surface area contributed by atoms with E-state index in [-0.39, 0.29) is 0 Å². The molecule has 5 aromatic rings. The molecule has 0 atom stereocenters. The summed E-state index contributed by atoms with van der Waals surface area (Å²) >= 11 is 1.53. The molecule has 128 valence electrons. The topological polar surface area (TPSA) is 74.0 Å². The van der Waals surface area contributed by atoms with Gasteiger partial charge in [0.25, 0.3) is 0 Å². The van der Waals surface area contributed by atoms with Gasteiger partial charge in [0, 0.05) is 12.6 Å². The zero-order valence-electron chi connectivity index (χ0n) is 13.9. The van der Waals surface area contributed by atoms with Crippen molar-refractivity contribution in [2.75, 3.05) is 0 Å². The molecule has 0 aliphatic heterocycles. The van der Waals surface area contributed by atoms with Crippen LogP contribution in [0.25, 0.3) is 28.2 Å². The van der Waals surface area contributed by atoms with Gasteiger partial charge >= 0.3 is 0 Å². The number of benzene rings is 2. The van der Waals surface area contributed by atoms with Gasteiger partial charge in [-0.2, -0.15) is 4.98 Å². The first-order chi connectivity index (χ1) is 12.8.